The number of carbonyl (C=O) groups excluding carboxylic acids is 2. The van der Waals surface area contributed by atoms with Gasteiger partial charge in [-0.05, 0) is 24.5 Å². The first-order chi connectivity index (χ1) is 9.56. The molecule has 0 radical (unpaired) electrons. The second-order valence-corrected chi connectivity index (χ2v) is 5.07. The molecule has 0 atom stereocenters. The van der Waals surface area contributed by atoms with E-state index in [9.17, 15) is 9.59 Å². The molecule has 0 heterocycles. The standard InChI is InChI=1S/C14H20N4O2/c15-13(19)8-18(9-14(16)20)12-4-2-1-3-10(12)7-17-11-5-6-11/h1-4,11,17H,5-9H2,(H2,15,19)(H2,16,20). The third-order valence-corrected chi connectivity index (χ3v) is 3.18. The van der Waals surface area contributed by atoms with Gasteiger partial charge >= 0.3 is 0 Å². The molecule has 0 bridgehead atoms. The average molecular weight is 276 g/mol. The van der Waals surface area contributed by atoms with Gasteiger partial charge in [0.25, 0.3) is 0 Å². The third-order valence-electron chi connectivity index (χ3n) is 3.18. The highest BCUT2D eigenvalue weighted by Gasteiger charge is 2.21. The Kier molecular flexibility index (Phi) is 4.57. The molecule has 1 aromatic rings. The molecule has 108 valence electrons. The fraction of sp³-hybridized carbons (Fsp3) is 0.429. The van der Waals surface area contributed by atoms with Crippen molar-refractivity contribution in [3.8, 4) is 0 Å². The summed E-state index contributed by atoms with van der Waals surface area (Å²) < 4.78 is 0. The maximum atomic E-state index is 11.2. The zero-order valence-electron chi connectivity index (χ0n) is 11.3. The Morgan fingerprint density at radius 1 is 1.15 bits per heavy atom. The Hall–Kier alpha value is -2.08. The van der Waals surface area contributed by atoms with E-state index in [0.717, 1.165) is 11.3 Å². The lowest BCUT2D eigenvalue weighted by atomic mass is 10.1. The van der Waals surface area contributed by atoms with E-state index < -0.39 is 11.8 Å². The number of primary amides is 2. The van der Waals surface area contributed by atoms with Gasteiger partial charge in [-0.25, -0.2) is 0 Å². The number of benzene rings is 1. The van der Waals surface area contributed by atoms with Crippen LogP contribution < -0.4 is 21.7 Å². The van der Waals surface area contributed by atoms with E-state index in [-0.39, 0.29) is 13.1 Å². The summed E-state index contributed by atoms with van der Waals surface area (Å²) in [5.74, 6) is -0.979. The number of rotatable bonds is 8. The fourth-order valence-corrected chi connectivity index (χ4v) is 2.11. The first-order valence-electron chi connectivity index (χ1n) is 6.69. The van der Waals surface area contributed by atoms with E-state index in [1.165, 1.54) is 12.8 Å². The Bertz CT molecular complexity index is 484. The zero-order valence-corrected chi connectivity index (χ0v) is 11.3. The minimum absolute atomic E-state index is 0.0244. The summed E-state index contributed by atoms with van der Waals surface area (Å²) in [5.41, 5.74) is 12.3. The molecule has 0 unspecified atom stereocenters. The van der Waals surface area contributed by atoms with Crippen molar-refractivity contribution in [2.45, 2.75) is 25.4 Å². The van der Waals surface area contributed by atoms with Gasteiger partial charge in [-0.2, -0.15) is 0 Å². The highest BCUT2D eigenvalue weighted by atomic mass is 16.2. The van der Waals surface area contributed by atoms with Crippen molar-refractivity contribution in [1.82, 2.24) is 5.32 Å². The van der Waals surface area contributed by atoms with Crippen molar-refractivity contribution in [2.24, 2.45) is 11.5 Å². The molecule has 1 aliphatic rings. The van der Waals surface area contributed by atoms with Gasteiger partial charge in [0.05, 0.1) is 13.1 Å². The molecule has 2 rings (SSSR count). The van der Waals surface area contributed by atoms with Crippen molar-refractivity contribution >= 4 is 17.5 Å². The molecule has 1 aliphatic carbocycles. The van der Waals surface area contributed by atoms with Crippen LogP contribution in [-0.2, 0) is 16.1 Å². The first-order valence-corrected chi connectivity index (χ1v) is 6.69. The lowest BCUT2D eigenvalue weighted by Gasteiger charge is -2.24. The van der Waals surface area contributed by atoms with E-state index in [1.54, 1.807) is 4.90 Å². The second kappa shape index (κ2) is 6.38. The first kappa shape index (κ1) is 14.3. The Balaban J connectivity index is 2.16. The number of hydrogen-bond acceptors (Lipinski definition) is 4. The van der Waals surface area contributed by atoms with E-state index in [2.05, 4.69) is 5.32 Å². The lowest BCUT2D eigenvalue weighted by molar-refractivity contribution is -0.117. The van der Waals surface area contributed by atoms with Gasteiger partial charge in [-0.3, -0.25) is 9.59 Å². The summed E-state index contributed by atoms with van der Waals surface area (Å²) in [5, 5.41) is 3.42. The molecule has 6 heteroatoms. The van der Waals surface area contributed by atoms with Crippen molar-refractivity contribution in [3.63, 3.8) is 0 Å². The molecule has 0 spiro atoms. The van der Waals surface area contributed by atoms with Crippen molar-refractivity contribution in [3.05, 3.63) is 29.8 Å². The highest BCUT2D eigenvalue weighted by Crippen LogP contribution is 2.23. The topological polar surface area (TPSA) is 101 Å². The van der Waals surface area contributed by atoms with Gasteiger partial charge in [-0.1, -0.05) is 18.2 Å². The monoisotopic (exact) mass is 276 g/mol. The van der Waals surface area contributed by atoms with Gasteiger partial charge in [0.15, 0.2) is 0 Å². The number of amides is 2. The van der Waals surface area contributed by atoms with Crippen LogP contribution in [0.2, 0.25) is 0 Å². The maximum Gasteiger partial charge on any atom is 0.236 e. The molecule has 1 fully saturated rings. The SMILES string of the molecule is NC(=O)CN(CC(N)=O)c1ccccc1CNC1CC1. The fourth-order valence-electron chi connectivity index (χ4n) is 2.11. The summed E-state index contributed by atoms with van der Waals surface area (Å²) in [4.78, 5) is 23.9. The molecule has 1 saturated carbocycles. The Morgan fingerprint density at radius 3 is 2.30 bits per heavy atom. The molecule has 6 nitrogen and oxygen atoms in total. The van der Waals surface area contributed by atoms with Crippen LogP contribution in [0.3, 0.4) is 0 Å². The van der Waals surface area contributed by atoms with Crippen LogP contribution >= 0.6 is 0 Å². The molecule has 0 aliphatic heterocycles. The number of para-hydroxylation sites is 1. The van der Waals surface area contributed by atoms with Crippen LogP contribution in [0.25, 0.3) is 0 Å². The number of hydrogen-bond donors (Lipinski definition) is 3. The lowest BCUT2D eigenvalue weighted by Crippen LogP contribution is -2.40. The van der Waals surface area contributed by atoms with Gasteiger partial charge in [-0.15, -0.1) is 0 Å². The highest BCUT2D eigenvalue weighted by molar-refractivity contribution is 5.85. The molecule has 5 N–H and O–H groups in total. The van der Waals surface area contributed by atoms with Crippen LogP contribution in [0.15, 0.2) is 24.3 Å². The van der Waals surface area contributed by atoms with Crippen LogP contribution in [0.5, 0.6) is 0 Å². The summed E-state index contributed by atoms with van der Waals surface area (Å²) >= 11 is 0. The molecule has 0 saturated heterocycles. The quantitative estimate of drug-likeness (QED) is 0.607. The summed E-state index contributed by atoms with van der Waals surface area (Å²) in [6.45, 7) is 0.654. The minimum atomic E-state index is -0.490. The summed E-state index contributed by atoms with van der Waals surface area (Å²) in [6, 6.07) is 8.23. The minimum Gasteiger partial charge on any atom is -0.368 e. The van der Waals surface area contributed by atoms with Crippen LogP contribution in [0.4, 0.5) is 5.69 Å². The molecular formula is C14H20N4O2. The zero-order chi connectivity index (χ0) is 14.5. The predicted octanol–water partition coefficient (Wildman–Crippen LogP) is -0.284. The smallest absolute Gasteiger partial charge is 0.236 e. The van der Waals surface area contributed by atoms with E-state index in [4.69, 9.17) is 11.5 Å². The Morgan fingerprint density at radius 2 is 1.75 bits per heavy atom. The third kappa shape index (κ3) is 4.24. The molecule has 2 amide bonds. The molecule has 1 aromatic carbocycles. The average Bonchev–Trinajstić information content (AvgIpc) is 3.19. The van der Waals surface area contributed by atoms with E-state index >= 15 is 0 Å². The van der Waals surface area contributed by atoms with Gasteiger partial charge < -0.3 is 21.7 Å². The van der Waals surface area contributed by atoms with E-state index in [0.29, 0.717) is 12.6 Å². The number of anilines is 1. The van der Waals surface area contributed by atoms with Gasteiger partial charge in [0.2, 0.25) is 11.8 Å². The second-order valence-electron chi connectivity index (χ2n) is 5.07. The maximum absolute atomic E-state index is 11.2. The predicted molar refractivity (Wildman–Crippen MR) is 76.9 cm³/mol. The summed E-state index contributed by atoms with van der Waals surface area (Å²) in [6.07, 6.45) is 2.41. The molecule has 0 aromatic heterocycles. The van der Waals surface area contributed by atoms with Gasteiger partial charge in [0, 0.05) is 18.3 Å². The van der Waals surface area contributed by atoms with Crippen molar-refractivity contribution in [2.75, 3.05) is 18.0 Å². The number of nitrogens with zero attached hydrogens (tertiary/aromatic N) is 1. The van der Waals surface area contributed by atoms with Gasteiger partial charge in [0.1, 0.15) is 0 Å². The number of nitrogens with one attached hydrogen (secondary N) is 1. The largest absolute Gasteiger partial charge is 0.368 e. The Labute approximate surface area is 118 Å². The number of nitrogens with two attached hydrogens (primary N) is 2. The van der Waals surface area contributed by atoms with E-state index in [1.807, 2.05) is 24.3 Å². The molecule has 20 heavy (non-hydrogen) atoms. The summed E-state index contributed by atoms with van der Waals surface area (Å²) in [7, 11) is 0. The van der Waals surface area contributed by atoms with Crippen LogP contribution in [0.1, 0.15) is 18.4 Å². The van der Waals surface area contributed by atoms with Crippen LogP contribution in [0, 0.1) is 0 Å². The number of carbonyl (C=O) groups is 2. The normalized spacial score (nSPS) is 14.0. The van der Waals surface area contributed by atoms with Crippen molar-refractivity contribution < 1.29 is 9.59 Å². The van der Waals surface area contributed by atoms with Crippen molar-refractivity contribution in [1.29, 1.82) is 0 Å². The van der Waals surface area contributed by atoms with Crippen LogP contribution in [-0.4, -0.2) is 30.9 Å². The molecular weight excluding hydrogens is 256 g/mol.